The van der Waals surface area contributed by atoms with Gasteiger partial charge in [0.25, 0.3) is 11.7 Å². The van der Waals surface area contributed by atoms with Crippen molar-refractivity contribution >= 4 is 22.8 Å². The Balaban J connectivity index is 1.79. The molecule has 19 heavy (non-hydrogen) atoms. The average Bonchev–Trinajstić information content (AvgIpc) is 2.75. The summed E-state index contributed by atoms with van der Waals surface area (Å²) < 4.78 is 5.44. The molecule has 0 spiro atoms. The number of rotatable bonds is 4. The third-order valence-corrected chi connectivity index (χ3v) is 3.52. The molecule has 1 saturated carbocycles. The van der Waals surface area contributed by atoms with Crippen LogP contribution < -0.4 is 11.1 Å². The first-order chi connectivity index (χ1) is 9.06. The second kappa shape index (κ2) is 4.20. The zero-order valence-corrected chi connectivity index (χ0v) is 10.3. The number of fused-ring (bicyclic) bond motifs is 1. The number of oxazole rings is 1. The lowest BCUT2D eigenvalue weighted by Gasteiger charge is -2.37. The lowest BCUT2D eigenvalue weighted by molar-refractivity contribution is -0.384. The first-order valence-electron chi connectivity index (χ1n) is 6.14. The van der Waals surface area contributed by atoms with Gasteiger partial charge in [-0.05, 0) is 25.3 Å². The first kappa shape index (κ1) is 11.9. The number of non-ortho nitro benzene ring substituents is 1. The molecule has 1 heterocycles. The number of nitro benzene ring substituents is 1. The Labute approximate surface area is 108 Å². The lowest BCUT2D eigenvalue weighted by Crippen LogP contribution is -2.52. The highest BCUT2D eigenvalue weighted by Gasteiger charge is 2.32. The molecule has 0 bridgehead atoms. The van der Waals surface area contributed by atoms with Crippen LogP contribution in [0.5, 0.6) is 0 Å². The number of nitro groups is 1. The van der Waals surface area contributed by atoms with E-state index in [0.29, 0.717) is 23.7 Å². The molecule has 0 saturated heterocycles. The molecule has 1 aromatic carbocycles. The summed E-state index contributed by atoms with van der Waals surface area (Å²) in [5, 5.41) is 13.7. The number of hydrogen-bond donors (Lipinski definition) is 2. The second-order valence-corrected chi connectivity index (χ2v) is 5.00. The molecule has 0 unspecified atom stereocenters. The molecule has 1 aliphatic rings. The second-order valence-electron chi connectivity index (χ2n) is 5.00. The Bertz CT molecular complexity index is 633. The molecule has 7 nitrogen and oxygen atoms in total. The van der Waals surface area contributed by atoms with Crippen LogP contribution >= 0.6 is 0 Å². The SMILES string of the molecule is NC1(CNc2nc3ccc([N+](=O)[O-])cc3o2)CCC1. The molecule has 2 aromatic rings. The van der Waals surface area contributed by atoms with Crippen LogP contribution in [0, 0.1) is 10.1 Å². The number of nitrogens with two attached hydrogens (primary N) is 1. The highest BCUT2D eigenvalue weighted by molar-refractivity contribution is 5.77. The fourth-order valence-electron chi connectivity index (χ4n) is 2.16. The van der Waals surface area contributed by atoms with E-state index in [9.17, 15) is 10.1 Å². The minimum Gasteiger partial charge on any atom is -0.423 e. The van der Waals surface area contributed by atoms with Crippen LogP contribution in [0.25, 0.3) is 11.1 Å². The summed E-state index contributed by atoms with van der Waals surface area (Å²) in [7, 11) is 0. The lowest BCUT2D eigenvalue weighted by atomic mass is 9.78. The van der Waals surface area contributed by atoms with Gasteiger partial charge in [0.1, 0.15) is 5.52 Å². The molecular formula is C12H14N4O3. The van der Waals surface area contributed by atoms with Crippen molar-refractivity contribution in [3.8, 4) is 0 Å². The van der Waals surface area contributed by atoms with Crippen molar-refractivity contribution in [3.05, 3.63) is 28.3 Å². The normalized spacial score (nSPS) is 17.1. The fourth-order valence-corrected chi connectivity index (χ4v) is 2.16. The summed E-state index contributed by atoms with van der Waals surface area (Å²) >= 11 is 0. The molecule has 1 fully saturated rings. The minimum absolute atomic E-state index is 0.00973. The molecule has 1 aromatic heterocycles. The van der Waals surface area contributed by atoms with Gasteiger partial charge in [-0.15, -0.1) is 0 Å². The molecule has 100 valence electrons. The van der Waals surface area contributed by atoms with Crippen LogP contribution in [0.2, 0.25) is 0 Å². The van der Waals surface area contributed by atoms with Gasteiger partial charge in [0.05, 0.1) is 11.0 Å². The van der Waals surface area contributed by atoms with Crippen molar-refractivity contribution in [2.24, 2.45) is 5.73 Å². The minimum atomic E-state index is -0.460. The average molecular weight is 262 g/mol. The smallest absolute Gasteiger partial charge is 0.295 e. The molecule has 0 aliphatic heterocycles. The quantitative estimate of drug-likeness (QED) is 0.644. The molecule has 0 radical (unpaired) electrons. The number of nitrogens with zero attached hydrogens (tertiary/aromatic N) is 2. The van der Waals surface area contributed by atoms with Crippen molar-refractivity contribution in [3.63, 3.8) is 0 Å². The van der Waals surface area contributed by atoms with Gasteiger partial charge in [0.15, 0.2) is 5.58 Å². The summed E-state index contributed by atoms with van der Waals surface area (Å²) in [6, 6.07) is 4.70. The highest BCUT2D eigenvalue weighted by Crippen LogP contribution is 2.30. The van der Waals surface area contributed by atoms with Crippen molar-refractivity contribution in [2.75, 3.05) is 11.9 Å². The number of nitrogens with one attached hydrogen (secondary N) is 1. The monoisotopic (exact) mass is 262 g/mol. The molecular weight excluding hydrogens is 248 g/mol. The van der Waals surface area contributed by atoms with Crippen molar-refractivity contribution in [2.45, 2.75) is 24.8 Å². The molecule has 1 aliphatic carbocycles. The first-order valence-corrected chi connectivity index (χ1v) is 6.14. The van der Waals surface area contributed by atoms with Gasteiger partial charge in [-0.25, -0.2) is 0 Å². The largest absolute Gasteiger partial charge is 0.423 e. The number of hydrogen-bond acceptors (Lipinski definition) is 6. The fraction of sp³-hybridized carbons (Fsp3) is 0.417. The summed E-state index contributed by atoms with van der Waals surface area (Å²) in [5.41, 5.74) is 6.89. The maximum Gasteiger partial charge on any atom is 0.295 e. The van der Waals surface area contributed by atoms with Crippen LogP contribution in [-0.2, 0) is 0 Å². The zero-order chi connectivity index (χ0) is 13.5. The molecule has 0 amide bonds. The van der Waals surface area contributed by atoms with Crippen molar-refractivity contribution < 1.29 is 9.34 Å². The van der Waals surface area contributed by atoms with Gasteiger partial charge in [-0.3, -0.25) is 10.1 Å². The van der Waals surface area contributed by atoms with Gasteiger partial charge in [0.2, 0.25) is 0 Å². The predicted octanol–water partition coefficient (Wildman–Crippen LogP) is 2.03. The standard InChI is InChI=1S/C12H14N4O3/c13-12(4-1-5-12)7-14-11-15-9-3-2-8(16(17)18)6-10(9)19-11/h2-3,6H,1,4-5,7,13H2,(H,14,15). The Kier molecular flexibility index (Phi) is 2.63. The van der Waals surface area contributed by atoms with E-state index in [1.165, 1.54) is 12.1 Å². The third-order valence-electron chi connectivity index (χ3n) is 3.52. The van der Waals surface area contributed by atoms with E-state index in [1.54, 1.807) is 6.07 Å². The van der Waals surface area contributed by atoms with Gasteiger partial charge < -0.3 is 15.5 Å². The van der Waals surface area contributed by atoms with Crippen molar-refractivity contribution in [1.82, 2.24) is 4.98 Å². The topological polar surface area (TPSA) is 107 Å². The zero-order valence-electron chi connectivity index (χ0n) is 10.3. The van der Waals surface area contributed by atoms with E-state index in [0.717, 1.165) is 19.3 Å². The van der Waals surface area contributed by atoms with E-state index in [1.807, 2.05) is 0 Å². The van der Waals surface area contributed by atoms with E-state index in [2.05, 4.69) is 10.3 Å². The number of benzene rings is 1. The molecule has 7 heteroatoms. The van der Waals surface area contributed by atoms with Crippen molar-refractivity contribution in [1.29, 1.82) is 0 Å². The van der Waals surface area contributed by atoms with Gasteiger partial charge >= 0.3 is 0 Å². The van der Waals surface area contributed by atoms with E-state index >= 15 is 0 Å². The number of anilines is 1. The molecule has 3 rings (SSSR count). The number of aromatic nitrogens is 1. The van der Waals surface area contributed by atoms with E-state index in [-0.39, 0.29) is 11.2 Å². The maximum absolute atomic E-state index is 10.7. The predicted molar refractivity (Wildman–Crippen MR) is 69.9 cm³/mol. The molecule has 3 N–H and O–H groups in total. The maximum atomic E-state index is 10.7. The van der Waals surface area contributed by atoms with Crippen LogP contribution in [0.15, 0.2) is 22.6 Å². The van der Waals surface area contributed by atoms with Gasteiger partial charge in [-0.2, -0.15) is 4.98 Å². The van der Waals surface area contributed by atoms with Crippen LogP contribution in [-0.4, -0.2) is 22.0 Å². The van der Waals surface area contributed by atoms with Gasteiger partial charge in [-0.1, -0.05) is 0 Å². The van der Waals surface area contributed by atoms with E-state index in [4.69, 9.17) is 10.2 Å². The van der Waals surface area contributed by atoms with Crippen LogP contribution in [0.1, 0.15) is 19.3 Å². The van der Waals surface area contributed by atoms with Crippen LogP contribution in [0.4, 0.5) is 11.7 Å². The summed E-state index contributed by atoms with van der Waals surface area (Å²) in [6.07, 6.45) is 3.13. The third kappa shape index (κ3) is 2.24. The summed E-state index contributed by atoms with van der Waals surface area (Å²) in [6.45, 7) is 0.599. The Morgan fingerprint density at radius 3 is 2.95 bits per heavy atom. The summed E-state index contributed by atoms with van der Waals surface area (Å²) in [4.78, 5) is 14.4. The molecule has 0 atom stereocenters. The summed E-state index contributed by atoms with van der Waals surface area (Å²) in [5.74, 6) is 0. The van der Waals surface area contributed by atoms with Crippen LogP contribution in [0.3, 0.4) is 0 Å². The Hall–Kier alpha value is -2.15. The highest BCUT2D eigenvalue weighted by atomic mass is 16.6. The Morgan fingerprint density at radius 2 is 2.32 bits per heavy atom. The van der Waals surface area contributed by atoms with Gasteiger partial charge in [0, 0.05) is 18.2 Å². The van der Waals surface area contributed by atoms with E-state index < -0.39 is 4.92 Å². The Morgan fingerprint density at radius 1 is 1.53 bits per heavy atom.